The number of pyridine rings is 1. The van der Waals surface area contributed by atoms with Crippen molar-refractivity contribution in [1.29, 1.82) is 0 Å². The number of thioether (sulfide) groups is 1. The molecule has 40 heavy (non-hydrogen) atoms. The van der Waals surface area contributed by atoms with Gasteiger partial charge in [-0.25, -0.2) is 4.98 Å². The molecule has 13 heteroatoms. The SMILES string of the molecule is O=C(CSc1nnc(COc2cccc3cccnc23)n1-c1ccccc1)Nc1nc2cc([N+](=O)[O-])ccc2s1. The normalized spacial score (nSPS) is 11.1. The fourth-order valence-electron chi connectivity index (χ4n) is 4.03. The maximum Gasteiger partial charge on any atom is 0.271 e. The number of nitrogens with zero attached hydrogens (tertiary/aromatic N) is 6. The number of rotatable bonds is 9. The third-order valence-electron chi connectivity index (χ3n) is 5.83. The highest BCUT2D eigenvalue weighted by Crippen LogP contribution is 2.30. The van der Waals surface area contributed by atoms with E-state index in [0.717, 1.165) is 21.3 Å². The Morgan fingerprint density at radius 1 is 1.05 bits per heavy atom. The second kappa shape index (κ2) is 11.1. The summed E-state index contributed by atoms with van der Waals surface area (Å²) >= 11 is 2.47. The van der Waals surface area contributed by atoms with Gasteiger partial charge in [0.1, 0.15) is 17.9 Å². The van der Waals surface area contributed by atoms with E-state index in [0.29, 0.717) is 27.4 Å². The average molecular weight is 570 g/mol. The number of fused-ring (bicyclic) bond motifs is 2. The number of hydrogen-bond donors (Lipinski definition) is 1. The van der Waals surface area contributed by atoms with Gasteiger partial charge >= 0.3 is 0 Å². The number of nitro groups is 1. The van der Waals surface area contributed by atoms with Crippen LogP contribution in [0.1, 0.15) is 5.82 Å². The highest BCUT2D eigenvalue weighted by Gasteiger charge is 2.18. The predicted octanol–water partition coefficient (Wildman–Crippen LogP) is 5.64. The van der Waals surface area contributed by atoms with Gasteiger partial charge in [0.2, 0.25) is 5.91 Å². The Hall–Kier alpha value is -4.88. The van der Waals surface area contributed by atoms with Crippen molar-refractivity contribution >= 4 is 60.9 Å². The maximum atomic E-state index is 12.8. The second-order valence-corrected chi connectivity index (χ2v) is 10.4. The van der Waals surface area contributed by atoms with Gasteiger partial charge in [-0.15, -0.1) is 10.2 Å². The molecule has 0 fully saturated rings. The van der Waals surface area contributed by atoms with Crippen molar-refractivity contribution in [3.8, 4) is 11.4 Å². The van der Waals surface area contributed by atoms with Gasteiger partial charge in [0.15, 0.2) is 16.1 Å². The molecule has 0 aliphatic rings. The van der Waals surface area contributed by atoms with Gasteiger partial charge in [0, 0.05) is 29.4 Å². The van der Waals surface area contributed by atoms with Crippen LogP contribution in [0, 0.1) is 10.1 Å². The fraction of sp³-hybridized carbons (Fsp3) is 0.0741. The van der Waals surface area contributed by atoms with Crippen molar-refractivity contribution in [2.24, 2.45) is 0 Å². The molecule has 0 saturated heterocycles. The summed E-state index contributed by atoms with van der Waals surface area (Å²) in [6, 6.07) is 23.6. The summed E-state index contributed by atoms with van der Waals surface area (Å²) in [4.78, 5) is 32.1. The number of anilines is 1. The number of aromatic nitrogens is 5. The molecule has 3 aromatic carbocycles. The molecule has 198 valence electrons. The number of thiazole rings is 1. The molecule has 3 heterocycles. The molecule has 11 nitrogen and oxygen atoms in total. The van der Waals surface area contributed by atoms with E-state index in [1.54, 1.807) is 12.3 Å². The van der Waals surface area contributed by atoms with Gasteiger partial charge in [-0.1, -0.05) is 59.5 Å². The van der Waals surface area contributed by atoms with Gasteiger partial charge in [-0.3, -0.25) is 24.5 Å². The van der Waals surface area contributed by atoms with E-state index in [9.17, 15) is 14.9 Å². The number of benzene rings is 3. The molecular weight excluding hydrogens is 550 g/mol. The number of hydrogen-bond acceptors (Lipinski definition) is 10. The first-order chi connectivity index (χ1) is 19.5. The third kappa shape index (κ3) is 5.32. The van der Waals surface area contributed by atoms with Gasteiger partial charge in [0.05, 0.1) is 20.9 Å². The molecule has 1 N–H and O–H groups in total. The topological polar surface area (TPSA) is 138 Å². The van der Waals surface area contributed by atoms with E-state index in [2.05, 4.69) is 25.5 Å². The standard InChI is InChI=1S/C27H19N7O4S2/c35-24(30-26-29-20-14-19(34(36)37)11-12-22(20)40-26)16-39-27-32-31-23(33(27)18-8-2-1-3-9-18)15-38-21-10-4-6-17-7-5-13-28-25(17)21/h1-14H,15-16H2,(H,29,30,35). The average Bonchev–Trinajstić information content (AvgIpc) is 3.58. The number of nitro benzene ring substituents is 1. The summed E-state index contributed by atoms with van der Waals surface area (Å²) in [5.41, 5.74) is 1.99. The monoisotopic (exact) mass is 569 g/mol. The molecule has 0 aliphatic carbocycles. The predicted molar refractivity (Wildman–Crippen MR) is 153 cm³/mol. The van der Waals surface area contributed by atoms with Crippen LogP contribution in [0.3, 0.4) is 0 Å². The van der Waals surface area contributed by atoms with Crippen molar-refractivity contribution in [3.05, 3.63) is 101 Å². The second-order valence-electron chi connectivity index (χ2n) is 8.45. The molecule has 0 unspecified atom stereocenters. The first kappa shape index (κ1) is 25.4. The number of carbonyl (C=O) groups is 1. The molecule has 0 spiro atoms. The Kier molecular flexibility index (Phi) is 7.04. The molecule has 0 radical (unpaired) electrons. The van der Waals surface area contributed by atoms with E-state index < -0.39 is 4.92 Å². The summed E-state index contributed by atoms with van der Waals surface area (Å²) in [5, 5.41) is 24.3. The number of ether oxygens (including phenoxy) is 1. The highest BCUT2D eigenvalue weighted by atomic mass is 32.2. The van der Waals surface area contributed by atoms with Crippen LogP contribution in [0.2, 0.25) is 0 Å². The lowest BCUT2D eigenvalue weighted by Gasteiger charge is -2.12. The lowest BCUT2D eigenvalue weighted by atomic mass is 10.2. The van der Waals surface area contributed by atoms with Crippen molar-refractivity contribution in [1.82, 2.24) is 24.7 Å². The number of carbonyl (C=O) groups excluding carboxylic acids is 1. The lowest BCUT2D eigenvalue weighted by Crippen LogP contribution is -2.14. The maximum absolute atomic E-state index is 12.8. The van der Waals surface area contributed by atoms with Crippen LogP contribution in [0.5, 0.6) is 5.75 Å². The van der Waals surface area contributed by atoms with Gasteiger partial charge in [0.25, 0.3) is 5.69 Å². The van der Waals surface area contributed by atoms with Crippen LogP contribution >= 0.6 is 23.1 Å². The molecule has 6 rings (SSSR count). The third-order valence-corrected chi connectivity index (χ3v) is 7.71. The van der Waals surface area contributed by atoms with Crippen LogP contribution in [0.4, 0.5) is 10.8 Å². The molecule has 3 aromatic heterocycles. The molecule has 0 atom stereocenters. The van der Waals surface area contributed by atoms with Gasteiger partial charge in [-0.05, 0) is 30.3 Å². The number of non-ortho nitro benzene ring substituents is 1. The van der Waals surface area contributed by atoms with Crippen molar-refractivity contribution in [2.75, 3.05) is 11.1 Å². The highest BCUT2D eigenvalue weighted by molar-refractivity contribution is 7.99. The Morgan fingerprint density at radius 2 is 1.90 bits per heavy atom. The first-order valence-electron chi connectivity index (χ1n) is 12.0. The van der Waals surface area contributed by atoms with Gasteiger partial charge < -0.3 is 10.1 Å². The van der Waals surface area contributed by atoms with E-state index >= 15 is 0 Å². The minimum atomic E-state index is -0.477. The summed E-state index contributed by atoms with van der Waals surface area (Å²) in [5.74, 6) is 0.959. The summed E-state index contributed by atoms with van der Waals surface area (Å²) in [6.45, 7) is 0.141. The number of para-hydroxylation sites is 2. The molecule has 0 aliphatic heterocycles. The van der Waals surface area contributed by atoms with Crippen molar-refractivity contribution < 1.29 is 14.5 Å². The zero-order valence-corrected chi connectivity index (χ0v) is 22.3. The van der Waals surface area contributed by atoms with Crippen LogP contribution in [-0.2, 0) is 11.4 Å². The van der Waals surface area contributed by atoms with Crippen LogP contribution in [0.25, 0.3) is 26.8 Å². The molecule has 0 saturated carbocycles. The zero-order valence-electron chi connectivity index (χ0n) is 20.6. The van der Waals surface area contributed by atoms with Crippen LogP contribution in [-0.4, -0.2) is 41.3 Å². The van der Waals surface area contributed by atoms with Crippen molar-refractivity contribution in [3.63, 3.8) is 0 Å². The molecule has 6 aromatic rings. The Morgan fingerprint density at radius 3 is 2.75 bits per heavy atom. The summed E-state index contributed by atoms with van der Waals surface area (Å²) < 4.78 is 8.71. The van der Waals surface area contributed by atoms with E-state index in [-0.39, 0.29) is 24.0 Å². The van der Waals surface area contributed by atoms with Crippen LogP contribution in [0.15, 0.2) is 90.2 Å². The zero-order chi connectivity index (χ0) is 27.5. The van der Waals surface area contributed by atoms with E-state index in [4.69, 9.17) is 4.74 Å². The Balaban J connectivity index is 1.18. The quantitative estimate of drug-likeness (QED) is 0.133. The number of nitrogens with one attached hydrogen (secondary N) is 1. The van der Waals surface area contributed by atoms with E-state index in [1.807, 2.05) is 65.2 Å². The Labute approximate surface area is 235 Å². The Bertz CT molecular complexity index is 1850. The summed E-state index contributed by atoms with van der Waals surface area (Å²) in [6.07, 6.45) is 1.72. The minimum Gasteiger partial charge on any atom is -0.483 e. The first-order valence-corrected chi connectivity index (χ1v) is 13.8. The fourth-order valence-corrected chi connectivity index (χ4v) is 5.66. The molecule has 0 bridgehead atoms. The van der Waals surface area contributed by atoms with E-state index in [1.165, 1.54) is 35.2 Å². The van der Waals surface area contributed by atoms with Gasteiger partial charge in [-0.2, -0.15) is 0 Å². The summed E-state index contributed by atoms with van der Waals surface area (Å²) in [7, 11) is 0. The lowest BCUT2D eigenvalue weighted by molar-refractivity contribution is -0.384. The van der Waals surface area contributed by atoms with Crippen molar-refractivity contribution in [2.45, 2.75) is 11.8 Å². The molecule has 1 amide bonds. The largest absolute Gasteiger partial charge is 0.483 e. The minimum absolute atomic E-state index is 0.0507. The smallest absolute Gasteiger partial charge is 0.271 e. The van der Waals surface area contributed by atoms with Crippen LogP contribution < -0.4 is 10.1 Å². The molecular formula is C27H19N7O4S2. The number of amides is 1.